The largest absolute Gasteiger partial charge is 0.389 e. The first kappa shape index (κ1) is 4.05. The van der Waals surface area contributed by atoms with Crippen LogP contribution in [0.4, 0.5) is 0 Å². The average Bonchev–Trinajstić information content (AvgIpc) is 1.86. The lowest BCUT2D eigenvalue weighted by Gasteiger charge is -1.86. The molecule has 1 saturated heterocycles. The summed E-state index contributed by atoms with van der Waals surface area (Å²) < 4.78 is 0. The molecule has 3 nitrogen and oxygen atoms in total. The van der Waals surface area contributed by atoms with Gasteiger partial charge in [-0.05, 0) is 0 Å². The SMILES string of the molecule is OC1C[N]OC1. The molecule has 0 aliphatic carbocycles. The minimum Gasteiger partial charge on any atom is -0.389 e. The van der Waals surface area contributed by atoms with Crippen LogP contribution in [0.2, 0.25) is 0 Å². The van der Waals surface area contributed by atoms with Gasteiger partial charge in [0.05, 0.1) is 19.3 Å². The van der Waals surface area contributed by atoms with Gasteiger partial charge in [0.2, 0.25) is 0 Å². The summed E-state index contributed by atoms with van der Waals surface area (Å²) in [5.41, 5.74) is 3.41. The second kappa shape index (κ2) is 1.55. The third-order valence-electron chi connectivity index (χ3n) is 0.643. The van der Waals surface area contributed by atoms with Crippen molar-refractivity contribution in [1.29, 1.82) is 0 Å². The van der Waals surface area contributed by atoms with Crippen molar-refractivity contribution in [3.8, 4) is 0 Å². The van der Waals surface area contributed by atoms with Crippen LogP contribution in [0.1, 0.15) is 0 Å². The molecule has 6 heavy (non-hydrogen) atoms. The average molecular weight is 88.1 g/mol. The van der Waals surface area contributed by atoms with Gasteiger partial charge in [-0.15, -0.1) is 0 Å². The van der Waals surface area contributed by atoms with Crippen molar-refractivity contribution < 1.29 is 9.94 Å². The van der Waals surface area contributed by atoms with Crippen molar-refractivity contribution in [2.45, 2.75) is 6.10 Å². The molecule has 35 valence electrons. The first-order valence-corrected chi connectivity index (χ1v) is 1.86. The maximum absolute atomic E-state index is 8.51. The summed E-state index contributed by atoms with van der Waals surface area (Å²) in [6.07, 6.45) is -0.343. The van der Waals surface area contributed by atoms with E-state index in [1.165, 1.54) is 0 Å². The summed E-state index contributed by atoms with van der Waals surface area (Å²) >= 11 is 0. The third kappa shape index (κ3) is 0.680. The van der Waals surface area contributed by atoms with Crippen molar-refractivity contribution in [2.24, 2.45) is 0 Å². The molecule has 3 heteroatoms. The zero-order valence-corrected chi connectivity index (χ0v) is 3.29. The molecule has 0 amide bonds. The number of aliphatic hydroxyl groups excluding tert-OH is 1. The van der Waals surface area contributed by atoms with E-state index in [0.717, 1.165) is 0 Å². The summed E-state index contributed by atoms with van der Waals surface area (Å²) in [7, 11) is 0. The molecule has 1 heterocycles. The predicted molar refractivity (Wildman–Crippen MR) is 19.0 cm³/mol. The molecule has 0 spiro atoms. The van der Waals surface area contributed by atoms with Gasteiger partial charge in [0.1, 0.15) is 0 Å². The Morgan fingerprint density at radius 2 is 2.67 bits per heavy atom. The zero-order chi connectivity index (χ0) is 4.41. The van der Waals surface area contributed by atoms with Crippen molar-refractivity contribution in [1.82, 2.24) is 5.48 Å². The van der Waals surface area contributed by atoms with Gasteiger partial charge >= 0.3 is 0 Å². The zero-order valence-electron chi connectivity index (χ0n) is 3.29. The van der Waals surface area contributed by atoms with Crippen LogP contribution in [0.25, 0.3) is 0 Å². The molecule has 1 rings (SSSR count). The first-order chi connectivity index (χ1) is 2.89. The Bertz CT molecular complexity index is 42.1. The Morgan fingerprint density at radius 3 is 2.83 bits per heavy atom. The van der Waals surface area contributed by atoms with Gasteiger partial charge in [0.15, 0.2) is 0 Å². The number of aliphatic hydroxyl groups is 1. The second-order valence-electron chi connectivity index (χ2n) is 1.26. The fourth-order valence-corrected chi connectivity index (χ4v) is 0.330. The van der Waals surface area contributed by atoms with Gasteiger partial charge in [-0.1, -0.05) is 5.48 Å². The van der Waals surface area contributed by atoms with Crippen LogP contribution in [-0.2, 0) is 4.84 Å². The summed E-state index contributed by atoms with van der Waals surface area (Å²) in [6.45, 7) is 0.819. The highest BCUT2D eigenvalue weighted by molar-refractivity contribution is 4.57. The molecule has 1 atom stereocenters. The van der Waals surface area contributed by atoms with Gasteiger partial charge < -0.3 is 5.11 Å². The Kier molecular flexibility index (Phi) is 1.05. The fourth-order valence-electron chi connectivity index (χ4n) is 0.330. The summed E-state index contributed by atoms with van der Waals surface area (Å²) in [4.78, 5) is 4.43. The molecule has 0 bridgehead atoms. The predicted octanol–water partition coefficient (Wildman–Crippen LogP) is -1.10. The van der Waals surface area contributed by atoms with E-state index in [1.54, 1.807) is 0 Å². The molecule has 0 aromatic rings. The smallest absolute Gasteiger partial charge is 0.0976 e. The van der Waals surface area contributed by atoms with Crippen molar-refractivity contribution in [3.05, 3.63) is 0 Å². The van der Waals surface area contributed by atoms with Gasteiger partial charge in [0, 0.05) is 0 Å². The molecule has 1 unspecified atom stereocenters. The number of hydrogen-bond donors (Lipinski definition) is 1. The molecule has 1 N–H and O–H groups in total. The molecule has 1 fully saturated rings. The van der Waals surface area contributed by atoms with Gasteiger partial charge in [-0.3, -0.25) is 4.84 Å². The number of nitrogens with zero attached hydrogens (tertiary/aromatic N) is 1. The number of hydrogen-bond acceptors (Lipinski definition) is 2. The third-order valence-corrected chi connectivity index (χ3v) is 0.643. The second-order valence-corrected chi connectivity index (χ2v) is 1.26. The lowest BCUT2D eigenvalue weighted by Crippen LogP contribution is -2.09. The normalized spacial score (nSPS) is 34.5. The van der Waals surface area contributed by atoms with Crippen LogP contribution in [-0.4, -0.2) is 24.4 Å². The quantitative estimate of drug-likeness (QED) is 0.408. The first-order valence-electron chi connectivity index (χ1n) is 1.86. The highest BCUT2D eigenvalue weighted by atomic mass is 16.7. The Balaban J connectivity index is 2.18. The van der Waals surface area contributed by atoms with Crippen LogP contribution in [0.3, 0.4) is 0 Å². The molecule has 0 aromatic heterocycles. The minimum absolute atomic E-state index is 0.343. The Hall–Kier alpha value is -0.120. The highest BCUT2D eigenvalue weighted by Gasteiger charge is 2.11. The summed E-state index contributed by atoms with van der Waals surface area (Å²) in [6, 6.07) is 0. The van der Waals surface area contributed by atoms with E-state index in [2.05, 4.69) is 10.3 Å². The van der Waals surface area contributed by atoms with Crippen molar-refractivity contribution in [2.75, 3.05) is 13.2 Å². The van der Waals surface area contributed by atoms with Crippen molar-refractivity contribution >= 4 is 0 Å². The number of rotatable bonds is 0. The molecular weight excluding hydrogens is 82.0 g/mol. The van der Waals surface area contributed by atoms with E-state index in [4.69, 9.17) is 5.11 Å². The molecule has 1 aliphatic rings. The molecule has 1 aliphatic heterocycles. The van der Waals surface area contributed by atoms with Crippen LogP contribution in [0.15, 0.2) is 0 Å². The maximum Gasteiger partial charge on any atom is 0.0976 e. The van der Waals surface area contributed by atoms with E-state index in [0.29, 0.717) is 13.2 Å². The Morgan fingerprint density at radius 1 is 1.83 bits per heavy atom. The van der Waals surface area contributed by atoms with Crippen LogP contribution < -0.4 is 5.48 Å². The summed E-state index contributed by atoms with van der Waals surface area (Å²) in [5, 5.41) is 8.51. The van der Waals surface area contributed by atoms with Crippen molar-refractivity contribution in [3.63, 3.8) is 0 Å². The van der Waals surface area contributed by atoms with Gasteiger partial charge in [-0.2, -0.15) is 0 Å². The molecule has 0 aromatic carbocycles. The van der Waals surface area contributed by atoms with E-state index < -0.39 is 0 Å². The fraction of sp³-hybridized carbons (Fsp3) is 1.00. The van der Waals surface area contributed by atoms with Gasteiger partial charge in [-0.25, -0.2) is 0 Å². The molecule has 1 radical (unpaired) electrons. The maximum atomic E-state index is 8.51. The monoisotopic (exact) mass is 88.0 g/mol. The lowest BCUT2D eigenvalue weighted by atomic mass is 10.4. The lowest BCUT2D eigenvalue weighted by molar-refractivity contribution is 0.0734. The van der Waals surface area contributed by atoms with Crippen LogP contribution in [0, 0.1) is 0 Å². The molecular formula is C3H6NO2. The van der Waals surface area contributed by atoms with E-state index in [-0.39, 0.29) is 6.10 Å². The van der Waals surface area contributed by atoms with E-state index in [1.807, 2.05) is 0 Å². The van der Waals surface area contributed by atoms with E-state index in [9.17, 15) is 0 Å². The van der Waals surface area contributed by atoms with Crippen LogP contribution >= 0.6 is 0 Å². The van der Waals surface area contributed by atoms with Crippen LogP contribution in [0.5, 0.6) is 0 Å². The van der Waals surface area contributed by atoms with E-state index >= 15 is 0 Å². The highest BCUT2D eigenvalue weighted by Crippen LogP contribution is 1.89. The standard InChI is InChI=1S/C3H6NO2/c5-3-1-4-6-2-3/h3,5H,1-2H2. The minimum atomic E-state index is -0.343. The topological polar surface area (TPSA) is 43.6 Å². The Labute approximate surface area is 35.9 Å². The molecule has 0 saturated carbocycles. The summed E-state index contributed by atoms with van der Waals surface area (Å²) in [5.74, 6) is 0. The number of hydroxylamine groups is 1. The van der Waals surface area contributed by atoms with Gasteiger partial charge in [0.25, 0.3) is 0 Å².